The number of rotatable bonds is 3. The van der Waals surface area contributed by atoms with E-state index in [0.717, 1.165) is 5.56 Å². The van der Waals surface area contributed by atoms with Gasteiger partial charge in [0.05, 0.1) is 6.04 Å². The Kier molecular flexibility index (Phi) is 5.57. The van der Waals surface area contributed by atoms with Gasteiger partial charge in [-0.25, -0.2) is 13.6 Å². The first-order valence-corrected chi connectivity index (χ1v) is 7.80. The molecule has 0 saturated carbocycles. The van der Waals surface area contributed by atoms with Crippen molar-refractivity contribution in [2.45, 2.75) is 45.4 Å². The van der Waals surface area contributed by atoms with Crippen molar-refractivity contribution in [2.24, 2.45) is 0 Å². The number of piperazine rings is 1. The predicted molar refractivity (Wildman–Crippen MR) is 84.5 cm³/mol. The largest absolute Gasteiger partial charge is 0.444 e. The van der Waals surface area contributed by atoms with Gasteiger partial charge in [0.15, 0.2) is 0 Å². The normalized spacial score (nSPS) is 19.9. The van der Waals surface area contributed by atoms with E-state index in [-0.39, 0.29) is 6.54 Å². The molecule has 23 heavy (non-hydrogen) atoms. The van der Waals surface area contributed by atoms with Crippen LogP contribution in [0.25, 0.3) is 0 Å². The van der Waals surface area contributed by atoms with E-state index in [0.29, 0.717) is 19.6 Å². The minimum atomic E-state index is -2.51. The average Bonchev–Trinajstić information content (AvgIpc) is 2.46. The third kappa shape index (κ3) is 5.16. The summed E-state index contributed by atoms with van der Waals surface area (Å²) in [6.07, 6.45) is -3.04. The number of carbonyl (C=O) groups is 1. The Bertz CT molecular complexity index is 517. The highest BCUT2D eigenvalue weighted by Gasteiger charge is 2.36. The molecule has 1 amide bonds. The van der Waals surface area contributed by atoms with Crippen molar-refractivity contribution in [2.75, 3.05) is 19.6 Å². The summed E-state index contributed by atoms with van der Waals surface area (Å²) in [6, 6.07) is 8.55. The molecule has 0 aliphatic carbocycles. The van der Waals surface area contributed by atoms with Crippen LogP contribution in [0.5, 0.6) is 0 Å². The Balaban J connectivity index is 2.02. The number of amides is 1. The van der Waals surface area contributed by atoms with Crippen molar-refractivity contribution >= 4 is 6.09 Å². The number of nitrogens with zero attached hydrogens (tertiary/aromatic N) is 2. The summed E-state index contributed by atoms with van der Waals surface area (Å²) < 4.78 is 32.1. The van der Waals surface area contributed by atoms with E-state index in [2.05, 4.69) is 0 Å². The zero-order chi connectivity index (χ0) is 17.0. The second-order valence-electron chi connectivity index (χ2n) is 6.78. The molecule has 0 bridgehead atoms. The highest BCUT2D eigenvalue weighted by Crippen LogP contribution is 2.21. The molecule has 128 valence electrons. The first-order valence-electron chi connectivity index (χ1n) is 7.80. The van der Waals surface area contributed by atoms with Crippen LogP contribution in [0.3, 0.4) is 0 Å². The SMILES string of the molecule is CC(C)(C)OC(=O)N1CCN(Cc2ccccc2)[C@H](C(F)F)C1. The molecule has 0 N–H and O–H groups in total. The van der Waals surface area contributed by atoms with Gasteiger partial charge in [-0.3, -0.25) is 4.90 Å². The highest BCUT2D eigenvalue weighted by atomic mass is 19.3. The monoisotopic (exact) mass is 326 g/mol. The lowest BCUT2D eigenvalue weighted by Crippen LogP contribution is -2.57. The fourth-order valence-electron chi connectivity index (χ4n) is 2.59. The number of carbonyl (C=O) groups excluding carboxylic acids is 1. The summed E-state index contributed by atoms with van der Waals surface area (Å²) >= 11 is 0. The van der Waals surface area contributed by atoms with E-state index >= 15 is 0 Å². The maximum absolute atomic E-state index is 13.4. The van der Waals surface area contributed by atoms with Gasteiger partial charge in [0.1, 0.15) is 5.60 Å². The molecule has 2 rings (SSSR count). The molecule has 0 aromatic heterocycles. The predicted octanol–water partition coefficient (Wildman–Crippen LogP) is 3.37. The van der Waals surface area contributed by atoms with E-state index in [4.69, 9.17) is 4.74 Å². The summed E-state index contributed by atoms with van der Waals surface area (Å²) in [7, 11) is 0. The Hall–Kier alpha value is -1.69. The van der Waals surface area contributed by atoms with Crippen LogP contribution in [0, 0.1) is 0 Å². The van der Waals surface area contributed by atoms with E-state index < -0.39 is 24.2 Å². The molecule has 1 aromatic rings. The van der Waals surface area contributed by atoms with Gasteiger partial charge in [-0.05, 0) is 26.3 Å². The first-order chi connectivity index (χ1) is 10.8. The number of hydrogen-bond donors (Lipinski definition) is 0. The van der Waals surface area contributed by atoms with Gasteiger partial charge in [-0.1, -0.05) is 30.3 Å². The third-order valence-electron chi connectivity index (χ3n) is 3.70. The van der Waals surface area contributed by atoms with Crippen molar-refractivity contribution < 1.29 is 18.3 Å². The van der Waals surface area contributed by atoms with Crippen molar-refractivity contribution in [3.05, 3.63) is 35.9 Å². The maximum Gasteiger partial charge on any atom is 0.410 e. The fourth-order valence-corrected chi connectivity index (χ4v) is 2.59. The Morgan fingerprint density at radius 1 is 1.26 bits per heavy atom. The molecule has 1 fully saturated rings. The zero-order valence-electron chi connectivity index (χ0n) is 13.8. The molecule has 1 atom stereocenters. The lowest BCUT2D eigenvalue weighted by atomic mass is 10.1. The third-order valence-corrected chi connectivity index (χ3v) is 3.70. The lowest BCUT2D eigenvalue weighted by molar-refractivity contribution is -0.0382. The Morgan fingerprint density at radius 3 is 2.48 bits per heavy atom. The summed E-state index contributed by atoms with van der Waals surface area (Å²) in [5.74, 6) is 0. The van der Waals surface area contributed by atoms with Gasteiger partial charge in [0.2, 0.25) is 0 Å². The molecular formula is C17H24F2N2O2. The van der Waals surface area contributed by atoms with E-state index in [1.54, 1.807) is 25.7 Å². The van der Waals surface area contributed by atoms with Crippen LogP contribution in [0.1, 0.15) is 26.3 Å². The van der Waals surface area contributed by atoms with E-state index in [9.17, 15) is 13.6 Å². The van der Waals surface area contributed by atoms with Crippen molar-refractivity contribution in [3.8, 4) is 0 Å². The molecule has 4 nitrogen and oxygen atoms in total. The minimum absolute atomic E-state index is 0.0145. The van der Waals surface area contributed by atoms with E-state index in [1.807, 2.05) is 30.3 Å². The van der Waals surface area contributed by atoms with Crippen LogP contribution in [-0.4, -0.2) is 53.6 Å². The van der Waals surface area contributed by atoms with Gasteiger partial charge in [0, 0.05) is 26.2 Å². The van der Waals surface area contributed by atoms with Crippen molar-refractivity contribution in [1.29, 1.82) is 0 Å². The van der Waals surface area contributed by atoms with Crippen LogP contribution in [0.2, 0.25) is 0 Å². The van der Waals surface area contributed by atoms with Gasteiger partial charge >= 0.3 is 6.09 Å². The van der Waals surface area contributed by atoms with Gasteiger partial charge in [-0.15, -0.1) is 0 Å². The van der Waals surface area contributed by atoms with Crippen LogP contribution >= 0.6 is 0 Å². The highest BCUT2D eigenvalue weighted by molar-refractivity contribution is 5.68. The second-order valence-corrected chi connectivity index (χ2v) is 6.78. The summed E-state index contributed by atoms with van der Waals surface area (Å²) in [4.78, 5) is 15.2. The molecule has 1 aliphatic heterocycles. The number of halogens is 2. The molecule has 1 saturated heterocycles. The van der Waals surface area contributed by atoms with Crippen LogP contribution in [0.4, 0.5) is 13.6 Å². The Labute approximate surface area is 136 Å². The molecule has 6 heteroatoms. The molecule has 0 unspecified atom stereocenters. The zero-order valence-corrected chi connectivity index (χ0v) is 13.8. The van der Waals surface area contributed by atoms with Gasteiger partial charge < -0.3 is 9.64 Å². The standard InChI is InChI=1S/C17H24F2N2O2/c1-17(2,3)23-16(22)21-10-9-20(14(12-21)15(18)19)11-13-7-5-4-6-8-13/h4-8,14-15H,9-12H2,1-3H3/t14-/m0/s1. The van der Waals surface area contributed by atoms with Crippen molar-refractivity contribution in [3.63, 3.8) is 0 Å². The van der Waals surface area contributed by atoms with Gasteiger partial charge in [0.25, 0.3) is 6.43 Å². The summed E-state index contributed by atoms with van der Waals surface area (Å²) in [5, 5.41) is 0. The average molecular weight is 326 g/mol. The smallest absolute Gasteiger partial charge is 0.410 e. The number of hydrogen-bond acceptors (Lipinski definition) is 3. The molecule has 1 aliphatic rings. The molecule has 1 heterocycles. The number of benzene rings is 1. The second kappa shape index (κ2) is 7.25. The van der Waals surface area contributed by atoms with Crippen molar-refractivity contribution in [1.82, 2.24) is 9.80 Å². The molecule has 0 spiro atoms. The quantitative estimate of drug-likeness (QED) is 0.854. The maximum atomic E-state index is 13.4. The number of ether oxygens (including phenoxy) is 1. The minimum Gasteiger partial charge on any atom is -0.444 e. The van der Waals surface area contributed by atoms with Crippen LogP contribution in [0.15, 0.2) is 30.3 Å². The summed E-state index contributed by atoms with van der Waals surface area (Å²) in [5.41, 5.74) is 0.363. The van der Waals surface area contributed by atoms with Crippen LogP contribution in [-0.2, 0) is 11.3 Å². The summed E-state index contributed by atoms with van der Waals surface area (Å²) in [6.45, 7) is 6.54. The first kappa shape index (κ1) is 17.7. The van der Waals surface area contributed by atoms with Gasteiger partial charge in [-0.2, -0.15) is 0 Å². The van der Waals surface area contributed by atoms with E-state index in [1.165, 1.54) is 4.90 Å². The van der Waals surface area contributed by atoms with Crippen LogP contribution < -0.4 is 0 Å². The molecule has 0 radical (unpaired) electrons. The molecule has 1 aromatic carbocycles. The molecular weight excluding hydrogens is 302 g/mol. The lowest BCUT2D eigenvalue weighted by Gasteiger charge is -2.41. The number of alkyl halides is 2. The topological polar surface area (TPSA) is 32.8 Å². The Morgan fingerprint density at radius 2 is 1.91 bits per heavy atom. The fraction of sp³-hybridized carbons (Fsp3) is 0.588.